The fourth-order valence-electron chi connectivity index (χ4n) is 2.15. The molecule has 1 aliphatic rings. The van der Waals surface area contributed by atoms with E-state index in [-0.39, 0.29) is 28.9 Å². The van der Waals surface area contributed by atoms with Gasteiger partial charge in [0.05, 0.1) is 5.92 Å². The summed E-state index contributed by atoms with van der Waals surface area (Å²) in [5.74, 6) is -0.502. The van der Waals surface area contributed by atoms with E-state index < -0.39 is 5.97 Å². The molecule has 96 valence electrons. The minimum Gasteiger partial charge on any atom is -0.481 e. The van der Waals surface area contributed by atoms with Crippen LogP contribution in [0, 0.1) is 5.92 Å². The van der Waals surface area contributed by atoms with Crippen LogP contribution in [0.2, 0.25) is 0 Å². The number of carboxylic acid groups (broad SMARTS) is 1. The van der Waals surface area contributed by atoms with Gasteiger partial charge in [-0.2, -0.15) is 35.9 Å². The molecule has 2 aromatic rings. The number of carboxylic acids is 1. The molecule has 0 radical (unpaired) electrons. The third kappa shape index (κ3) is 3.59. The SMILES string of the molecule is O=C(O)C1CCC1[c-]1cccc1.[Fe+2].c1cc[cH-]c1. The van der Waals surface area contributed by atoms with Crippen LogP contribution in [0.15, 0.2) is 54.6 Å². The van der Waals surface area contributed by atoms with E-state index in [0.717, 1.165) is 12.8 Å². The van der Waals surface area contributed by atoms with Gasteiger partial charge in [0, 0.05) is 0 Å². The van der Waals surface area contributed by atoms with Crippen molar-refractivity contribution in [1.82, 2.24) is 0 Å². The number of hydrogen-bond donors (Lipinski definition) is 1. The molecule has 3 heteroatoms. The molecule has 3 rings (SSSR count). The largest absolute Gasteiger partial charge is 2.00 e. The molecule has 0 spiro atoms. The Morgan fingerprint density at radius 1 is 1.11 bits per heavy atom. The van der Waals surface area contributed by atoms with Crippen LogP contribution in [0.3, 0.4) is 0 Å². The van der Waals surface area contributed by atoms with E-state index in [1.807, 2.05) is 54.6 Å². The molecule has 1 fully saturated rings. The van der Waals surface area contributed by atoms with Crippen molar-refractivity contribution >= 4 is 5.97 Å². The number of rotatable bonds is 2. The Kier molecular flexibility index (Phi) is 5.90. The zero-order chi connectivity index (χ0) is 12.1. The van der Waals surface area contributed by atoms with Gasteiger partial charge in [0.1, 0.15) is 0 Å². The third-order valence-corrected chi connectivity index (χ3v) is 3.26. The molecule has 0 bridgehead atoms. The van der Waals surface area contributed by atoms with Crippen molar-refractivity contribution in [2.24, 2.45) is 5.92 Å². The minimum absolute atomic E-state index is 0. The van der Waals surface area contributed by atoms with E-state index in [9.17, 15) is 4.79 Å². The molecule has 0 saturated heterocycles. The van der Waals surface area contributed by atoms with Crippen LogP contribution in [0.4, 0.5) is 0 Å². The first-order valence-corrected chi connectivity index (χ1v) is 5.90. The van der Waals surface area contributed by atoms with Crippen LogP contribution < -0.4 is 0 Å². The number of carbonyl (C=O) groups is 1. The summed E-state index contributed by atoms with van der Waals surface area (Å²) in [5.41, 5.74) is 1.19. The van der Waals surface area contributed by atoms with Crippen LogP contribution in [-0.2, 0) is 21.9 Å². The van der Waals surface area contributed by atoms with Crippen LogP contribution in [0.25, 0.3) is 0 Å². The number of hydrogen-bond acceptors (Lipinski definition) is 1. The summed E-state index contributed by atoms with van der Waals surface area (Å²) in [4.78, 5) is 10.7. The molecule has 1 N–H and O–H groups in total. The topological polar surface area (TPSA) is 37.3 Å². The van der Waals surface area contributed by atoms with E-state index in [0.29, 0.717) is 0 Å². The Balaban J connectivity index is 0.000000230. The summed E-state index contributed by atoms with van der Waals surface area (Å²) in [5, 5.41) is 8.80. The monoisotopic (exact) mass is 284 g/mol. The smallest absolute Gasteiger partial charge is 0.481 e. The summed E-state index contributed by atoms with van der Waals surface area (Å²) in [6.45, 7) is 0. The molecule has 2 aromatic carbocycles. The summed E-state index contributed by atoms with van der Waals surface area (Å²) < 4.78 is 0. The Bertz CT molecular complexity index is 414. The average molecular weight is 284 g/mol. The van der Waals surface area contributed by atoms with E-state index >= 15 is 0 Å². The van der Waals surface area contributed by atoms with Gasteiger partial charge in [-0.3, -0.25) is 4.79 Å². The maximum absolute atomic E-state index is 10.7. The standard InChI is InChI=1S/C10H11O2.C5H5.Fe/c11-10(12)9-6-5-8(9)7-3-1-2-4-7;1-2-4-5-3-1;/h1-4,8-9H,5-6H2,(H,11,12);1-5H;/q2*-1;+2. The van der Waals surface area contributed by atoms with Crippen LogP contribution >= 0.6 is 0 Å². The Morgan fingerprint density at radius 3 is 2.06 bits per heavy atom. The molecule has 0 amide bonds. The molecule has 0 aliphatic heterocycles. The second-order valence-electron chi connectivity index (χ2n) is 4.31. The Hall–Kier alpha value is -1.31. The molecule has 1 saturated carbocycles. The van der Waals surface area contributed by atoms with Gasteiger partial charge < -0.3 is 5.11 Å². The van der Waals surface area contributed by atoms with Crippen molar-refractivity contribution in [2.45, 2.75) is 18.8 Å². The van der Waals surface area contributed by atoms with Crippen LogP contribution in [0.1, 0.15) is 24.3 Å². The quantitative estimate of drug-likeness (QED) is 0.678. The molecule has 1 aliphatic carbocycles. The molecular formula is C15H16FeO2. The summed E-state index contributed by atoms with van der Waals surface area (Å²) >= 11 is 0. The van der Waals surface area contributed by atoms with E-state index in [4.69, 9.17) is 5.11 Å². The van der Waals surface area contributed by atoms with Crippen molar-refractivity contribution in [1.29, 1.82) is 0 Å². The molecule has 18 heavy (non-hydrogen) atoms. The Labute approximate surface area is 118 Å². The summed E-state index contributed by atoms with van der Waals surface area (Å²) in [6, 6.07) is 18.0. The van der Waals surface area contributed by atoms with Crippen LogP contribution in [0.5, 0.6) is 0 Å². The van der Waals surface area contributed by atoms with Gasteiger partial charge in [-0.25, -0.2) is 24.3 Å². The second kappa shape index (κ2) is 7.20. The second-order valence-corrected chi connectivity index (χ2v) is 4.31. The first-order chi connectivity index (χ1) is 8.29. The fourth-order valence-corrected chi connectivity index (χ4v) is 2.15. The molecule has 2 unspecified atom stereocenters. The molecule has 2 nitrogen and oxygen atoms in total. The van der Waals surface area contributed by atoms with Gasteiger partial charge in [-0.1, -0.05) is 6.42 Å². The van der Waals surface area contributed by atoms with Crippen molar-refractivity contribution in [2.75, 3.05) is 0 Å². The molecule has 2 atom stereocenters. The van der Waals surface area contributed by atoms with Gasteiger partial charge in [0.2, 0.25) is 0 Å². The number of aliphatic carboxylic acids is 1. The summed E-state index contributed by atoms with van der Waals surface area (Å²) in [6.07, 6.45) is 1.87. The van der Waals surface area contributed by atoms with E-state index in [1.165, 1.54) is 5.56 Å². The van der Waals surface area contributed by atoms with Gasteiger partial charge >= 0.3 is 23.0 Å². The minimum atomic E-state index is -0.646. The predicted molar refractivity (Wildman–Crippen MR) is 67.2 cm³/mol. The first-order valence-electron chi connectivity index (χ1n) is 5.90. The van der Waals surface area contributed by atoms with Crippen LogP contribution in [-0.4, -0.2) is 11.1 Å². The average Bonchev–Trinajstić information content (AvgIpc) is 2.90. The van der Waals surface area contributed by atoms with Crippen molar-refractivity contribution < 1.29 is 27.0 Å². The zero-order valence-electron chi connectivity index (χ0n) is 9.97. The zero-order valence-corrected chi connectivity index (χ0v) is 11.1. The maximum Gasteiger partial charge on any atom is 2.00 e. The maximum atomic E-state index is 10.7. The van der Waals surface area contributed by atoms with Gasteiger partial charge in [0.15, 0.2) is 0 Å². The van der Waals surface area contributed by atoms with Gasteiger partial charge in [0.25, 0.3) is 0 Å². The first kappa shape index (κ1) is 14.7. The Morgan fingerprint density at radius 2 is 1.72 bits per heavy atom. The van der Waals surface area contributed by atoms with E-state index in [2.05, 4.69) is 0 Å². The normalized spacial score (nSPS) is 20.9. The molecule has 0 aromatic heterocycles. The predicted octanol–water partition coefficient (Wildman–Crippen LogP) is 3.39. The van der Waals surface area contributed by atoms with Crippen molar-refractivity contribution in [3.05, 3.63) is 60.2 Å². The van der Waals surface area contributed by atoms with Gasteiger partial charge in [-0.05, 0) is 12.3 Å². The van der Waals surface area contributed by atoms with Crippen molar-refractivity contribution in [3.63, 3.8) is 0 Å². The van der Waals surface area contributed by atoms with Gasteiger partial charge in [-0.15, -0.1) is 0 Å². The van der Waals surface area contributed by atoms with Crippen molar-refractivity contribution in [3.8, 4) is 0 Å². The van der Waals surface area contributed by atoms with E-state index in [1.54, 1.807) is 0 Å². The summed E-state index contributed by atoms with van der Waals surface area (Å²) in [7, 11) is 0. The molecular weight excluding hydrogens is 268 g/mol. The molecule has 0 heterocycles. The fraction of sp³-hybridized carbons (Fsp3) is 0.267. The third-order valence-electron chi connectivity index (χ3n) is 3.26.